The number of nitrogens with one attached hydrogen (secondary N) is 1. The number of aryl methyl sites for hydroxylation is 1. The van der Waals surface area contributed by atoms with Crippen molar-refractivity contribution in [2.75, 3.05) is 6.54 Å². The summed E-state index contributed by atoms with van der Waals surface area (Å²) in [5, 5.41) is 11.2. The largest absolute Gasteiger partial charge is 0.463 e. The number of likely N-dealkylation sites (tertiary alicyclic amines) is 1. The van der Waals surface area contributed by atoms with Gasteiger partial charge < -0.3 is 9.32 Å². The first-order valence-corrected chi connectivity index (χ1v) is 7.61. The summed E-state index contributed by atoms with van der Waals surface area (Å²) in [4.78, 5) is 14.7. The minimum atomic E-state index is -0.0644. The average Bonchev–Trinajstić information content (AvgIpc) is 3.31. The first-order valence-electron chi connectivity index (χ1n) is 7.61. The minimum Gasteiger partial charge on any atom is -0.463 e. The molecule has 1 aliphatic rings. The van der Waals surface area contributed by atoms with Gasteiger partial charge in [-0.2, -0.15) is 10.2 Å². The number of furan rings is 1. The molecule has 3 aromatic rings. The van der Waals surface area contributed by atoms with Gasteiger partial charge >= 0.3 is 0 Å². The summed E-state index contributed by atoms with van der Waals surface area (Å²) in [6.45, 7) is 0.737. The molecule has 3 aromatic heterocycles. The smallest absolute Gasteiger partial charge is 0.274 e. The summed E-state index contributed by atoms with van der Waals surface area (Å²) in [7, 11) is 1.88. The summed E-state index contributed by atoms with van der Waals surface area (Å²) < 4.78 is 7.09. The highest BCUT2D eigenvalue weighted by molar-refractivity contribution is 5.93. The average molecular weight is 311 g/mol. The van der Waals surface area contributed by atoms with E-state index in [-0.39, 0.29) is 11.9 Å². The van der Waals surface area contributed by atoms with Crippen LogP contribution >= 0.6 is 0 Å². The van der Waals surface area contributed by atoms with Crippen LogP contribution in [0, 0.1) is 0 Å². The first-order chi connectivity index (χ1) is 11.2. The van der Waals surface area contributed by atoms with Crippen LogP contribution in [0.15, 0.2) is 41.3 Å². The third-order valence-corrected chi connectivity index (χ3v) is 4.21. The second-order valence-electron chi connectivity index (χ2n) is 5.75. The summed E-state index contributed by atoms with van der Waals surface area (Å²) in [5.41, 5.74) is 2.18. The van der Waals surface area contributed by atoms with Crippen LogP contribution in [-0.4, -0.2) is 37.3 Å². The van der Waals surface area contributed by atoms with Crippen molar-refractivity contribution in [2.45, 2.75) is 18.9 Å². The Morgan fingerprint density at radius 3 is 3.13 bits per heavy atom. The van der Waals surface area contributed by atoms with Crippen molar-refractivity contribution < 1.29 is 9.21 Å². The van der Waals surface area contributed by atoms with Gasteiger partial charge in [0.2, 0.25) is 0 Å². The lowest BCUT2D eigenvalue weighted by Crippen LogP contribution is -2.30. The fraction of sp³-hybridized carbons (Fsp3) is 0.312. The molecule has 118 valence electrons. The normalized spacial score (nSPS) is 17.8. The van der Waals surface area contributed by atoms with E-state index in [1.165, 1.54) is 0 Å². The molecule has 0 aliphatic carbocycles. The van der Waals surface area contributed by atoms with Crippen LogP contribution in [0.5, 0.6) is 0 Å². The zero-order chi connectivity index (χ0) is 15.8. The van der Waals surface area contributed by atoms with Gasteiger partial charge in [0.15, 0.2) is 11.5 Å². The highest BCUT2D eigenvalue weighted by Gasteiger charge is 2.32. The van der Waals surface area contributed by atoms with Gasteiger partial charge in [-0.25, -0.2) is 0 Å². The number of amides is 1. The molecule has 23 heavy (non-hydrogen) atoms. The zero-order valence-corrected chi connectivity index (χ0v) is 12.8. The van der Waals surface area contributed by atoms with Crippen LogP contribution in [0.1, 0.15) is 34.9 Å². The summed E-state index contributed by atoms with van der Waals surface area (Å²) in [5.74, 6) is 0.604. The Morgan fingerprint density at radius 2 is 2.39 bits per heavy atom. The van der Waals surface area contributed by atoms with Gasteiger partial charge in [0.25, 0.3) is 5.91 Å². The predicted octanol–water partition coefficient (Wildman–Crippen LogP) is 2.38. The molecular formula is C16H17N5O2. The lowest BCUT2D eigenvalue weighted by molar-refractivity contribution is 0.0729. The number of aromatic nitrogens is 4. The number of rotatable bonds is 3. The van der Waals surface area contributed by atoms with Crippen LogP contribution in [0.2, 0.25) is 0 Å². The molecule has 1 saturated heterocycles. The van der Waals surface area contributed by atoms with Crippen molar-refractivity contribution in [1.29, 1.82) is 0 Å². The Labute approximate surface area is 132 Å². The van der Waals surface area contributed by atoms with Gasteiger partial charge in [-0.15, -0.1) is 0 Å². The van der Waals surface area contributed by atoms with Crippen LogP contribution in [0.3, 0.4) is 0 Å². The number of carbonyl (C=O) groups is 1. The van der Waals surface area contributed by atoms with Crippen molar-refractivity contribution in [3.63, 3.8) is 0 Å². The van der Waals surface area contributed by atoms with E-state index in [1.54, 1.807) is 23.1 Å². The van der Waals surface area contributed by atoms with Crippen LogP contribution in [0.4, 0.5) is 0 Å². The fourth-order valence-corrected chi connectivity index (χ4v) is 3.11. The van der Waals surface area contributed by atoms with Crippen molar-refractivity contribution in [3.8, 4) is 11.5 Å². The molecule has 4 rings (SSSR count). The van der Waals surface area contributed by atoms with Gasteiger partial charge in [0, 0.05) is 31.4 Å². The van der Waals surface area contributed by atoms with Crippen LogP contribution in [-0.2, 0) is 7.05 Å². The zero-order valence-electron chi connectivity index (χ0n) is 12.8. The van der Waals surface area contributed by atoms with Crippen molar-refractivity contribution in [1.82, 2.24) is 24.9 Å². The molecule has 0 unspecified atom stereocenters. The Kier molecular flexibility index (Phi) is 3.25. The number of hydrogen-bond acceptors (Lipinski definition) is 4. The second kappa shape index (κ2) is 5.42. The maximum atomic E-state index is 12.8. The monoisotopic (exact) mass is 311 g/mol. The highest BCUT2D eigenvalue weighted by Crippen LogP contribution is 2.33. The third kappa shape index (κ3) is 2.44. The van der Waals surface area contributed by atoms with Gasteiger partial charge in [-0.05, 0) is 25.0 Å². The molecule has 0 spiro atoms. The van der Waals surface area contributed by atoms with E-state index in [2.05, 4.69) is 15.3 Å². The standard InChI is InChI=1S/C16H17N5O2/c1-20-10-11(9-17-20)14-4-2-6-21(14)16(22)13-8-12(18-19-13)15-5-3-7-23-15/h3,5,7-10,14H,2,4,6H2,1H3,(H,18,19)/t14-/m1/s1. The molecule has 1 fully saturated rings. The highest BCUT2D eigenvalue weighted by atomic mass is 16.3. The van der Waals surface area contributed by atoms with E-state index in [1.807, 2.05) is 30.4 Å². The number of aromatic amines is 1. The third-order valence-electron chi connectivity index (χ3n) is 4.21. The van der Waals surface area contributed by atoms with E-state index in [9.17, 15) is 4.79 Å². The van der Waals surface area contributed by atoms with Gasteiger partial charge in [-0.3, -0.25) is 14.6 Å². The summed E-state index contributed by atoms with van der Waals surface area (Å²) in [6.07, 6.45) is 7.33. The van der Waals surface area contributed by atoms with Gasteiger partial charge in [0.05, 0.1) is 18.5 Å². The van der Waals surface area contributed by atoms with E-state index in [0.29, 0.717) is 17.1 Å². The quantitative estimate of drug-likeness (QED) is 0.805. The van der Waals surface area contributed by atoms with E-state index in [0.717, 1.165) is 24.9 Å². The van der Waals surface area contributed by atoms with Crippen molar-refractivity contribution in [3.05, 3.63) is 48.1 Å². The van der Waals surface area contributed by atoms with Crippen molar-refractivity contribution in [2.24, 2.45) is 7.05 Å². The maximum Gasteiger partial charge on any atom is 0.274 e. The SMILES string of the molecule is Cn1cc([C@H]2CCCN2C(=O)c2cc(-c3ccco3)[nH]n2)cn1. The lowest BCUT2D eigenvalue weighted by Gasteiger charge is -2.22. The summed E-state index contributed by atoms with van der Waals surface area (Å²) >= 11 is 0. The number of H-pyrrole nitrogens is 1. The molecule has 1 atom stereocenters. The molecule has 7 nitrogen and oxygen atoms in total. The van der Waals surface area contributed by atoms with Crippen molar-refractivity contribution >= 4 is 5.91 Å². The number of hydrogen-bond donors (Lipinski definition) is 1. The summed E-state index contributed by atoms with van der Waals surface area (Å²) in [6, 6.07) is 5.44. The van der Waals surface area contributed by atoms with Crippen LogP contribution in [0.25, 0.3) is 11.5 Å². The molecular weight excluding hydrogens is 294 g/mol. The number of carbonyl (C=O) groups excluding carboxylic acids is 1. The van der Waals surface area contributed by atoms with Gasteiger partial charge in [0.1, 0.15) is 5.69 Å². The van der Waals surface area contributed by atoms with Crippen LogP contribution < -0.4 is 0 Å². The second-order valence-corrected chi connectivity index (χ2v) is 5.75. The maximum absolute atomic E-state index is 12.8. The molecule has 1 N–H and O–H groups in total. The predicted molar refractivity (Wildman–Crippen MR) is 82.5 cm³/mol. The molecule has 0 aromatic carbocycles. The molecule has 7 heteroatoms. The Hall–Kier alpha value is -2.83. The molecule has 0 saturated carbocycles. The molecule has 1 aliphatic heterocycles. The number of nitrogens with zero attached hydrogens (tertiary/aromatic N) is 4. The first kappa shape index (κ1) is 13.8. The van der Waals surface area contributed by atoms with E-state index < -0.39 is 0 Å². The topological polar surface area (TPSA) is 80.0 Å². The molecule has 4 heterocycles. The Balaban J connectivity index is 1.58. The van der Waals surface area contributed by atoms with Gasteiger partial charge in [-0.1, -0.05) is 0 Å². The lowest BCUT2D eigenvalue weighted by atomic mass is 10.1. The minimum absolute atomic E-state index is 0.0644. The Morgan fingerprint density at radius 1 is 1.48 bits per heavy atom. The Bertz CT molecular complexity index is 817. The molecule has 0 bridgehead atoms. The molecule has 1 amide bonds. The van der Waals surface area contributed by atoms with E-state index in [4.69, 9.17) is 4.42 Å². The molecule has 0 radical (unpaired) electrons. The fourth-order valence-electron chi connectivity index (χ4n) is 3.11. The van der Waals surface area contributed by atoms with E-state index >= 15 is 0 Å².